The van der Waals surface area contributed by atoms with Crippen LogP contribution in [-0.4, -0.2) is 25.0 Å². The van der Waals surface area contributed by atoms with Crippen molar-refractivity contribution in [3.05, 3.63) is 53.6 Å². The molecule has 152 valence electrons. The van der Waals surface area contributed by atoms with Crippen LogP contribution in [-0.2, 0) is 16.2 Å². The molecule has 0 aromatic heterocycles. The summed E-state index contributed by atoms with van der Waals surface area (Å²) in [6.45, 7) is 0. The molecule has 0 unspecified atom stereocenters. The molecule has 2 aromatic carbocycles. The highest BCUT2D eigenvalue weighted by Gasteiger charge is 2.46. The first-order valence-corrected chi connectivity index (χ1v) is 8.51. The van der Waals surface area contributed by atoms with Gasteiger partial charge in [-0.05, 0) is 30.3 Å². The number of rotatable bonds is 5. The Morgan fingerprint density at radius 2 is 1.57 bits per heavy atom. The van der Waals surface area contributed by atoms with E-state index in [2.05, 4.69) is 0 Å². The van der Waals surface area contributed by atoms with Crippen LogP contribution in [0, 0.1) is 0 Å². The molecule has 0 spiro atoms. The molecule has 28 heavy (non-hydrogen) atoms. The van der Waals surface area contributed by atoms with Crippen molar-refractivity contribution in [1.29, 1.82) is 0 Å². The number of sulfonamides is 1. The molecule has 13 heteroatoms. The van der Waals surface area contributed by atoms with Gasteiger partial charge in [0.15, 0.2) is 5.75 Å². The van der Waals surface area contributed by atoms with E-state index in [0.717, 1.165) is 16.9 Å². The number of para-hydroxylation sites is 1. The van der Waals surface area contributed by atoms with Crippen molar-refractivity contribution >= 4 is 21.7 Å². The van der Waals surface area contributed by atoms with Crippen LogP contribution in [0.4, 0.5) is 32.0 Å². The van der Waals surface area contributed by atoms with Crippen molar-refractivity contribution in [1.82, 2.24) is 0 Å². The van der Waals surface area contributed by atoms with Gasteiger partial charge in [-0.3, -0.25) is 4.72 Å². The zero-order valence-corrected chi connectivity index (χ0v) is 14.1. The van der Waals surface area contributed by atoms with Gasteiger partial charge in [-0.2, -0.15) is 34.8 Å². The Hall–Kier alpha value is -2.96. The van der Waals surface area contributed by atoms with Crippen molar-refractivity contribution in [3.63, 3.8) is 0 Å². The van der Waals surface area contributed by atoms with Crippen LogP contribution in [0.3, 0.4) is 0 Å². The average molecular weight is 429 g/mol. The van der Waals surface area contributed by atoms with E-state index in [1.807, 2.05) is 0 Å². The van der Waals surface area contributed by atoms with Gasteiger partial charge in [0.2, 0.25) is 0 Å². The molecule has 0 saturated heterocycles. The van der Waals surface area contributed by atoms with E-state index in [1.54, 1.807) is 0 Å². The first-order chi connectivity index (χ1) is 12.7. The molecule has 0 aliphatic rings. The van der Waals surface area contributed by atoms with Crippen molar-refractivity contribution in [2.45, 2.75) is 11.7 Å². The van der Waals surface area contributed by atoms with Gasteiger partial charge < -0.3 is 9.84 Å². The summed E-state index contributed by atoms with van der Waals surface area (Å²) in [5.74, 6) is -2.68. The first-order valence-electron chi connectivity index (χ1n) is 7.03. The van der Waals surface area contributed by atoms with Crippen molar-refractivity contribution in [2.75, 3.05) is 4.72 Å². The van der Waals surface area contributed by atoms with Crippen LogP contribution in [0.2, 0.25) is 0 Å². The number of hydrogen-bond acceptors (Lipinski definition) is 4. The molecule has 2 N–H and O–H groups in total. The van der Waals surface area contributed by atoms with Gasteiger partial charge in [-0.25, -0.2) is 4.79 Å². The molecule has 2 rings (SSSR count). The number of hydrogen-bond donors (Lipinski definition) is 2. The Kier molecular flexibility index (Phi) is 5.50. The number of ether oxygens (including phenoxy) is 1. The third kappa shape index (κ3) is 4.65. The number of benzene rings is 2. The van der Waals surface area contributed by atoms with Crippen LogP contribution in [0.1, 0.15) is 15.9 Å². The number of anilines is 1. The smallest absolute Gasteiger partial charge is 0.478 e. The topological polar surface area (TPSA) is 92.7 Å². The highest BCUT2D eigenvalue weighted by atomic mass is 32.2. The molecular weight excluding hydrogens is 420 g/mol. The summed E-state index contributed by atoms with van der Waals surface area (Å²) in [6.07, 6.45) is -4.99. The van der Waals surface area contributed by atoms with E-state index in [1.165, 1.54) is 12.1 Å². The van der Waals surface area contributed by atoms with Crippen LogP contribution in [0.5, 0.6) is 11.5 Å². The zero-order valence-electron chi connectivity index (χ0n) is 13.3. The predicted molar refractivity (Wildman–Crippen MR) is 83.5 cm³/mol. The zero-order chi connectivity index (χ0) is 21.3. The molecule has 0 amide bonds. The van der Waals surface area contributed by atoms with E-state index in [-0.39, 0.29) is 6.07 Å². The SMILES string of the molecule is O=C(O)c1ccccc1Oc1ccc(C(F)(F)F)cc1NS(=O)(=O)C(F)(F)F. The minimum atomic E-state index is -6.07. The lowest BCUT2D eigenvalue weighted by molar-refractivity contribution is -0.137. The quantitative estimate of drug-likeness (QED) is 0.685. The molecule has 6 nitrogen and oxygen atoms in total. The molecule has 0 aliphatic carbocycles. The molecule has 0 bridgehead atoms. The van der Waals surface area contributed by atoms with Crippen LogP contribution >= 0.6 is 0 Å². The van der Waals surface area contributed by atoms with Gasteiger partial charge in [-0.1, -0.05) is 12.1 Å². The number of alkyl halides is 6. The number of nitrogens with one attached hydrogen (secondary N) is 1. The predicted octanol–water partition coefficient (Wildman–Crippen LogP) is 4.46. The second-order valence-corrected chi connectivity index (χ2v) is 6.84. The van der Waals surface area contributed by atoms with Crippen LogP contribution in [0.15, 0.2) is 42.5 Å². The monoisotopic (exact) mass is 429 g/mol. The summed E-state index contributed by atoms with van der Waals surface area (Å²) in [5.41, 5.74) is -8.89. The average Bonchev–Trinajstić information content (AvgIpc) is 2.54. The van der Waals surface area contributed by atoms with Gasteiger partial charge >= 0.3 is 27.7 Å². The van der Waals surface area contributed by atoms with Crippen molar-refractivity contribution in [3.8, 4) is 11.5 Å². The third-order valence-electron chi connectivity index (χ3n) is 3.19. The Morgan fingerprint density at radius 3 is 2.11 bits per heavy atom. The van der Waals surface area contributed by atoms with Crippen molar-refractivity contribution in [2.24, 2.45) is 0 Å². The molecule has 0 fully saturated rings. The largest absolute Gasteiger partial charge is 0.516 e. The molecule has 0 radical (unpaired) electrons. The molecule has 0 saturated carbocycles. The fraction of sp³-hybridized carbons (Fsp3) is 0.133. The van der Waals surface area contributed by atoms with E-state index in [9.17, 15) is 39.6 Å². The number of carboxylic acid groups (broad SMARTS) is 1. The highest BCUT2D eigenvalue weighted by molar-refractivity contribution is 7.93. The summed E-state index contributed by atoms with van der Waals surface area (Å²) in [5, 5.41) is 9.07. The van der Waals surface area contributed by atoms with E-state index in [0.29, 0.717) is 12.1 Å². The van der Waals surface area contributed by atoms with Gasteiger partial charge in [0.1, 0.15) is 11.3 Å². The minimum Gasteiger partial charge on any atom is -0.478 e. The third-order valence-corrected chi connectivity index (χ3v) is 4.29. The Labute approximate surface area is 153 Å². The van der Waals surface area contributed by atoms with Crippen molar-refractivity contribution < 1.29 is 49.4 Å². The summed E-state index contributed by atoms with van der Waals surface area (Å²) in [4.78, 5) is 11.2. The lowest BCUT2D eigenvalue weighted by Crippen LogP contribution is -2.30. The second-order valence-electron chi connectivity index (χ2n) is 5.16. The maximum Gasteiger partial charge on any atom is 0.516 e. The van der Waals surface area contributed by atoms with E-state index >= 15 is 0 Å². The van der Waals surface area contributed by atoms with Gasteiger partial charge in [-0.15, -0.1) is 0 Å². The molecule has 0 atom stereocenters. The lowest BCUT2D eigenvalue weighted by atomic mass is 10.1. The molecule has 2 aromatic rings. The Morgan fingerprint density at radius 1 is 0.964 bits per heavy atom. The Bertz CT molecular complexity index is 1000. The van der Waals surface area contributed by atoms with E-state index in [4.69, 9.17) is 9.84 Å². The standard InChI is InChI=1S/C15H9F6NO5S/c16-14(17,18)8-5-6-12(10(7-8)22-28(25,26)15(19,20)21)27-11-4-2-1-3-9(11)13(23)24/h1-7,22H,(H,23,24). The summed E-state index contributed by atoms with van der Waals surface area (Å²) >= 11 is 0. The molecular formula is C15H9F6NO5S. The highest BCUT2D eigenvalue weighted by Crippen LogP contribution is 2.39. The molecule has 0 heterocycles. The summed E-state index contributed by atoms with van der Waals surface area (Å²) < 4.78 is 105. The fourth-order valence-corrected chi connectivity index (χ4v) is 2.49. The van der Waals surface area contributed by atoms with Crippen LogP contribution in [0.25, 0.3) is 0 Å². The summed E-state index contributed by atoms with van der Waals surface area (Å²) in [6, 6.07) is 5.86. The van der Waals surface area contributed by atoms with Crippen LogP contribution < -0.4 is 9.46 Å². The van der Waals surface area contributed by atoms with Gasteiger partial charge in [0.25, 0.3) is 0 Å². The number of aromatic carboxylic acids is 1. The fourth-order valence-electron chi connectivity index (χ4n) is 1.93. The number of carbonyl (C=O) groups is 1. The lowest BCUT2D eigenvalue weighted by Gasteiger charge is -2.17. The normalized spacial score (nSPS) is 12.5. The van der Waals surface area contributed by atoms with Gasteiger partial charge in [0, 0.05) is 0 Å². The maximum absolute atomic E-state index is 12.8. The first kappa shape index (κ1) is 21.3. The number of carboxylic acids is 1. The van der Waals surface area contributed by atoms with E-state index < -0.39 is 56.0 Å². The Balaban J connectivity index is 2.57. The molecule has 0 aliphatic heterocycles. The number of halogens is 6. The minimum absolute atomic E-state index is 0.0992. The summed E-state index contributed by atoms with van der Waals surface area (Å²) in [7, 11) is -6.07. The maximum atomic E-state index is 12.8. The van der Waals surface area contributed by atoms with Gasteiger partial charge in [0.05, 0.1) is 11.3 Å². The second kappa shape index (κ2) is 7.22.